The third-order valence-corrected chi connectivity index (χ3v) is 10.4. The molecule has 0 saturated carbocycles. The van der Waals surface area contributed by atoms with Crippen LogP contribution in [0.4, 0.5) is 17.1 Å². The number of rotatable bonds is 3. The Kier molecular flexibility index (Phi) is 5.59. The molecule has 0 amide bonds. The summed E-state index contributed by atoms with van der Waals surface area (Å²) in [6.45, 7) is 4.62. The number of aromatic nitrogens is 3. The van der Waals surface area contributed by atoms with Crippen molar-refractivity contribution in [1.82, 2.24) is 14.1 Å². The predicted molar refractivity (Wildman–Crippen MR) is 200 cm³/mol. The molecule has 0 unspecified atom stereocenters. The second-order valence-corrected chi connectivity index (χ2v) is 13.3. The third kappa shape index (κ3) is 3.68. The Balaban J connectivity index is 1.19. The molecule has 0 radical (unpaired) electrons. The molecule has 4 heteroatoms. The SMILES string of the molecule is CC1(C)c2ccccc2N(c2cccc(-n3c4ccccc4c4cc(-n5c6ccccc6c6ccccc65)ccc43)c2)c2cnccc21. The molecule has 0 spiro atoms. The maximum absolute atomic E-state index is 4.58. The van der Waals surface area contributed by atoms with Gasteiger partial charge in [0, 0.05) is 50.2 Å². The van der Waals surface area contributed by atoms with E-state index in [1.54, 1.807) is 0 Å². The number of benzene rings is 6. The molecule has 4 heterocycles. The number of nitrogens with zero attached hydrogens (tertiary/aromatic N) is 4. The minimum Gasteiger partial charge on any atom is -0.309 e. The smallest absolute Gasteiger partial charge is 0.0685 e. The van der Waals surface area contributed by atoms with Crippen molar-refractivity contribution in [2.24, 2.45) is 0 Å². The summed E-state index contributed by atoms with van der Waals surface area (Å²) in [7, 11) is 0. The highest BCUT2D eigenvalue weighted by molar-refractivity contribution is 6.12. The molecule has 228 valence electrons. The number of para-hydroxylation sites is 4. The molecule has 10 rings (SSSR count). The minimum atomic E-state index is -0.135. The summed E-state index contributed by atoms with van der Waals surface area (Å²) in [5.74, 6) is 0. The van der Waals surface area contributed by atoms with Crippen LogP contribution in [0.25, 0.3) is 55.0 Å². The summed E-state index contributed by atoms with van der Waals surface area (Å²) in [6.07, 6.45) is 3.92. The summed E-state index contributed by atoms with van der Waals surface area (Å²) >= 11 is 0. The van der Waals surface area contributed by atoms with Crippen molar-refractivity contribution < 1.29 is 0 Å². The summed E-state index contributed by atoms with van der Waals surface area (Å²) in [5, 5.41) is 5.01. The highest BCUT2D eigenvalue weighted by Gasteiger charge is 2.36. The van der Waals surface area contributed by atoms with Crippen molar-refractivity contribution in [2.75, 3.05) is 4.90 Å². The van der Waals surface area contributed by atoms with Crippen molar-refractivity contribution in [3.05, 3.63) is 169 Å². The Labute approximate surface area is 278 Å². The molecule has 0 aliphatic carbocycles. The van der Waals surface area contributed by atoms with Gasteiger partial charge < -0.3 is 14.0 Å². The largest absolute Gasteiger partial charge is 0.309 e. The highest BCUT2D eigenvalue weighted by atomic mass is 15.2. The third-order valence-electron chi connectivity index (χ3n) is 10.4. The molecule has 0 N–H and O–H groups in total. The Morgan fingerprint density at radius 2 is 0.979 bits per heavy atom. The second-order valence-electron chi connectivity index (χ2n) is 13.3. The topological polar surface area (TPSA) is 26.0 Å². The lowest BCUT2D eigenvalue weighted by Crippen LogP contribution is -2.30. The van der Waals surface area contributed by atoms with Gasteiger partial charge in [-0.3, -0.25) is 4.98 Å². The molecule has 0 saturated heterocycles. The van der Waals surface area contributed by atoms with Gasteiger partial charge in [0.25, 0.3) is 0 Å². The van der Waals surface area contributed by atoms with Crippen LogP contribution in [0.3, 0.4) is 0 Å². The number of pyridine rings is 1. The molecule has 6 aromatic carbocycles. The van der Waals surface area contributed by atoms with Crippen LogP contribution in [0.1, 0.15) is 25.0 Å². The molecule has 0 atom stereocenters. The average molecular weight is 617 g/mol. The Morgan fingerprint density at radius 1 is 0.438 bits per heavy atom. The fourth-order valence-corrected chi connectivity index (χ4v) is 8.19. The molecule has 4 nitrogen and oxygen atoms in total. The zero-order valence-corrected chi connectivity index (χ0v) is 26.8. The van der Waals surface area contributed by atoms with Crippen LogP contribution in [0.5, 0.6) is 0 Å². The van der Waals surface area contributed by atoms with E-state index in [9.17, 15) is 0 Å². The number of fused-ring (bicyclic) bond motifs is 8. The van der Waals surface area contributed by atoms with Gasteiger partial charge in [-0.1, -0.05) is 92.7 Å². The van der Waals surface area contributed by atoms with Gasteiger partial charge in [0.05, 0.1) is 39.6 Å². The van der Waals surface area contributed by atoms with Crippen LogP contribution in [0.2, 0.25) is 0 Å². The van der Waals surface area contributed by atoms with Crippen LogP contribution in [-0.2, 0) is 5.41 Å². The van der Waals surface area contributed by atoms with Crippen LogP contribution in [0.15, 0.2) is 158 Å². The number of anilines is 3. The summed E-state index contributed by atoms with van der Waals surface area (Å²) in [6, 6.07) is 53.0. The molecule has 0 fully saturated rings. The van der Waals surface area contributed by atoms with E-state index in [-0.39, 0.29) is 5.41 Å². The molecular weight excluding hydrogens is 585 g/mol. The lowest BCUT2D eigenvalue weighted by Gasteiger charge is -2.41. The Hall–Kier alpha value is -6.13. The normalized spacial score (nSPS) is 13.8. The Bertz CT molecular complexity index is 2620. The maximum Gasteiger partial charge on any atom is 0.0685 e. The van der Waals surface area contributed by atoms with Crippen LogP contribution in [-0.4, -0.2) is 14.1 Å². The molecule has 0 bridgehead atoms. The Morgan fingerprint density at radius 3 is 1.69 bits per heavy atom. The van der Waals surface area contributed by atoms with Crippen molar-refractivity contribution in [3.63, 3.8) is 0 Å². The fourth-order valence-electron chi connectivity index (χ4n) is 8.19. The first-order valence-corrected chi connectivity index (χ1v) is 16.6. The fraction of sp³-hybridized carbons (Fsp3) is 0.0682. The first-order valence-electron chi connectivity index (χ1n) is 16.6. The summed E-state index contributed by atoms with van der Waals surface area (Å²) in [5.41, 5.74) is 13.0. The van der Waals surface area contributed by atoms with Crippen LogP contribution < -0.4 is 4.90 Å². The van der Waals surface area contributed by atoms with E-state index in [0.29, 0.717) is 0 Å². The molecule has 3 aromatic heterocycles. The maximum atomic E-state index is 4.58. The average Bonchev–Trinajstić information content (AvgIpc) is 3.65. The second kappa shape index (κ2) is 9.93. The van der Waals surface area contributed by atoms with Gasteiger partial charge in [0.1, 0.15) is 0 Å². The monoisotopic (exact) mass is 616 g/mol. The zero-order valence-electron chi connectivity index (χ0n) is 26.8. The molecular formula is C44H32N4. The van der Waals surface area contributed by atoms with Gasteiger partial charge in [-0.25, -0.2) is 0 Å². The molecule has 48 heavy (non-hydrogen) atoms. The summed E-state index contributed by atoms with van der Waals surface area (Å²) in [4.78, 5) is 6.96. The summed E-state index contributed by atoms with van der Waals surface area (Å²) < 4.78 is 4.81. The lowest BCUT2D eigenvalue weighted by atomic mass is 9.74. The van der Waals surface area contributed by atoms with Crippen molar-refractivity contribution in [2.45, 2.75) is 19.3 Å². The van der Waals surface area contributed by atoms with Crippen molar-refractivity contribution in [1.29, 1.82) is 0 Å². The van der Waals surface area contributed by atoms with Gasteiger partial charge in [-0.2, -0.15) is 0 Å². The van der Waals surface area contributed by atoms with E-state index in [2.05, 4.69) is 178 Å². The van der Waals surface area contributed by atoms with E-state index < -0.39 is 0 Å². The molecule has 9 aromatic rings. The van der Waals surface area contributed by atoms with Gasteiger partial charge in [0.2, 0.25) is 0 Å². The first kappa shape index (κ1) is 27.0. The lowest BCUT2D eigenvalue weighted by molar-refractivity contribution is 0.630. The predicted octanol–water partition coefficient (Wildman–Crippen LogP) is 11.4. The van der Waals surface area contributed by atoms with Crippen molar-refractivity contribution in [3.8, 4) is 11.4 Å². The van der Waals surface area contributed by atoms with E-state index in [1.807, 2.05) is 12.4 Å². The van der Waals surface area contributed by atoms with Gasteiger partial charge >= 0.3 is 0 Å². The first-order chi connectivity index (χ1) is 23.6. The standard InChI is InChI=1S/C44H32N4/c1-44(2)36-17-6-10-21-42(36)48(43-28-45-25-24-37(43)44)30-13-11-12-29(26-30)46-40-20-9-5-16-34(40)35-27-31(22-23-41(35)46)47-38-18-7-3-14-32(38)33-15-4-8-19-39(33)47/h3-28H,1-2H3. The van der Waals surface area contributed by atoms with Gasteiger partial charge in [0.15, 0.2) is 0 Å². The van der Waals surface area contributed by atoms with E-state index in [0.717, 1.165) is 22.7 Å². The van der Waals surface area contributed by atoms with Crippen LogP contribution in [0, 0.1) is 0 Å². The van der Waals surface area contributed by atoms with E-state index in [1.165, 1.54) is 60.4 Å². The van der Waals surface area contributed by atoms with Gasteiger partial charge in [-0.05, 0) is 77.9 Å². The van der Waals surface area contributed by atoms with Crippen LogP contribution >= 0.6 is 0 Å². The molecule has 1 aliphatic heterocycles. The zero-order chi connectivity index (χ0) is 32.0. The van der Waals surface area contributed by atoms with E-state index in [4.69, 9.17) is 0 Å². The van der Waals surface area contributed by atoms with Gasteiger partial charge in [-0.15, -0.1) is 0 Å². The quantitative estimate of drug-likeness (QED) is 0.197. The minimum absolute atomic E-state index is 0.135. The van der Waals surface area contributed by atoms with E-state index >= 15 is 0 Å². The molecule has 1 aliphatic rings. The number of hydrogen-bond donors (Lipinski definition) is 0. The highest BCUT2D eigenvalue weighted by Crippen LogP contribution is 2.51. The van der Waals surface area contributed by atoms with Crippen molar-refractivity contribution >= 4 is 60.7 Å². The number of hydrogen-bond acceptors (Lipinski definition) is 2.